The fourth-order valence-electron chi connectivity index (χ4n) is 1.38. The van der Waals surface area contributed by atoms with Gasteiger partial charge in [0.1, 0.15) is 10.8 Å². The Morgan fingerprint density at radius 1 is 1.47 bits per heavy atom. The summed E-state index contributed by atoms with van der Waals surface area (Å²) in [7, 11) is 0. The van der Waals surface area contributed by atoms with E-state index in [-0.39, 0.29) is 5.91 Å². The summed E-state index contributed by atoms with van der Waals surface area (Å²) < 4.78 is 0. The van der Waals surface area contributed by atoms with E-state index in [1.165, 1.54) is 0 Å². The van der Waals surface area contributed by atoms with E-state index in [1.807, 2.05) is 13.0 Å². The van der Waals surface area contributed by atoms with E-state index in [4.69, 9.17) is 23.7 Å². The minimum absolute atomic E-state index is 0.298. The highest BCUT2D eigenvalue weighted by Crippen LogP contribution is 2.10. The molecular weight excluding hydrogens is 236 g/mol. The Morgan fingerprint density at radius 2 is 2.18 bits per heavy atom. The fraction of sp³-hybridized carbons (Fsp3) is 0.364. The average molecular weight is 252 g/mol. The van der Waals surface area contributed by atoms with Crippen molar-refractivity contribution in [1.29, 1.82) is 0 Å². The van der Waals surface area contributed by atoms with Gasteiger partial charge in [-0.15, -0.1) is 0 Å². The van der Waals surface area contributed by atoms with Gasteiger partial charge < -0.3 is 16.8 Å². The van der Waals surface area contributed by atoms with Crippen LogP contribution in [0, 0.1) is 6.92 Å². The highest BCUT2D eigenvalue weighted by molar-refractivity contribution is 7.80. The third kappa shape index (κ3) is 4.78. The second kappa shape index (κ2) is 6.15. The zero-order chi connectivity index (χ0) is 12.8. The molecule has 1 heterocycles. The Hall–Kier alpha value is -1.69. The molecule has 17 heavy (non-hydrogen) atoms. The van der Waals surface area contributed by atoms with Crippen LogP contribution in [-0.2, 0) is 4.79 Å². The predicted octanol–water partition coefficient (Wildman–Crippen LogP) is 0.702. The number of carbonyl (C=O) groups excluding carboxylic acids is 1. The van der Waals surface area contributed by atoms with Crippen molar-refractivity contribution in [3.8, 4) is 0 Å². The van der Waals surface area contributed by atoms with Crippen molar-refractivity contribution in [2.45, 2.75) is 19.8 Å². The lowest BCUT2D eigenvalue weighted by Gasteiger charge is -2.08. The van der Waals surface area contributed by atoms with Gasteiger partial charge in [-0.1, -0.05) is 12.2 Å². The molecule has 0 atom stereocenters. The molecule has 1 aromatic heterocycles. The van der Waals surface area contributed by atoms with E-state index in [0.29, 0.717) is 30.2 Å². The molecule has 5 nitrogen and oxygen atoms in total. The molecule has 1 aromatic rings. The standard InChI is InChI=1S/C11H16N4OS/c1-7-5-8(11(13)17)6-10(15-7)14-4-2-3-9(12)16/h5-6H,2-4H2,1H3,(H2,12,16)(H2,13,17)(H,14,15). The quantitative estimate of drug-likeness (QED) is 0.512. The number of thiocarbonyl (C=S) groups is 1. The Bertz CT molecular complexity index is 433. The minimum Gasteiger partial charge on any atom is -0.389 e. The molecule has 1 rings (SSSR count). The number of pyridine rings is 1. The molecule has 1 amide bonds. The molecular formula is C11H16N4OS. The number of carbonyl (C=O) groups is 1. The Balaban J connectivity index is 2.59. The number of amides is 1. The molecule has 0 aliphatic carbocycles. The Labute approximate surface area is 106 Å². The summed E-state index contributed by atoms with van der Waals surface area (Å²) in [6.45, 7) is 2.51. The third-order valence-electron chi connectivity index (χ3n) is 2.14. The molecule has 0 aliphatic rings. The minimum atomic E-state index is -0.298. The SMILES string of the molecule is Cc1cc(C(N)=S)cc(NCCCC(N)=O)n1. The molecule has 92 valence electrons. The number of nitrogens with one attached hydrogen (secondary N) is 1. The molecule has 0 spiro atoms. The maximum atomic E-state index is 10.6. The van der Waals surface area contributed by atoms with Gasteiger partial charge in [0, 0.05) is 24.2 Å². The fourth-order valence-corrected chi connectivity index (χ4v) is 1.50. The Kier molecular flexibility index (Phi) is 4.84. The lowest BCUT2D eigenvalue weighted by molar-refractivity contribution is -0.118. The van der Waals surface area contributed by atoms with Gasteiger partial charge in [0.05, 0.1) is 0 Å². The van der Waals surface area contributed by atoms with Crippen LogP contribution in [0.25, 0.3) is 0 Å². The molecule has 0 aromatic carbocycles. The van der Waals surface area contributed by atoms with E-state index >= 15 is 0 Å². The predicted molar refractivity (Wildman–Crippen MR) is 71.8 cm³/mol. The lowest BCUT2D eigenvalue weighted by atomic mass is 10.2. The topological polar surface area (TPSA) is 94.0 Å². The number of aromatic nitrogens is 1. The largest absolute Gasteiger partial charge is 0.389 e. The van der Waals surface area contributed by atoms with Crippen LogP contribution in [0.1, 0.15) is 24.1 Å². The molecule has 0 bridgehead atoms. The molecule has 0 unspecified atom stereocenters. The van der Waals surface area contributed by atoms with Crippen LogP contribution >= 0.6 is 12.2 Å². The second-order valence-corrected chi connectivity index (χ2v) is 4.18. The summed E-state index contributed by atoms with van der Waals surface area (Å²) >= 11 is 4.91. The monoisotopic (exact) mass is 252 g/mol. The number of rotatable bonds is 6. The van der Waals surface area contributed by atoms with E-state index in [1.54, 1.807) is 6.07 Å². The first-order valence-electron chi connectivity index (χ1n) is 5.29. The third-order valence-corrected chi connectivity index (χ3v) is 2.38. The van der Waals surface area contributed by atoms with Crippen LogP contribution in [-0.4, -0.2) is 22.4 Å². The number of nitrogens with zero attached hydrogens (tertiary/aromatic N) is 1. The first-order valence-corrected chi connectivity index (χ1v) is 5.70. The summed E-state index contributed by atoms with van der Waals surface area (Å²) in [6, 6.07) is 3.62. The summed E-state index contributed by atoms with van der Waals surface area (Å²) in [5.41, 5.74) is 12.2. The highest BCUT2D eigenvalue weighted by atomic mass is 32.1. The molecule has 6 heteroatoms. The van der Waals surface area contributed by atoms with Crippen LogP contribution in [0.3, 0.4) is 0 Å². The van der Waals surface area contributed by atoms with Crippen molar-refractivity contribution in [2.75, 3.05) is 11.9 Å². The van der Waals surface area contributed by atoms with E-state index < -0.39 is 0 Å². The number of primary amides is 1. The van der Waals surface area contributed by atoms with Crippen molar-refractivity contribution >= 4 is 28.9 Å². The van der Waals surface area contributed by atoms with Crippen molar-refractivity contribution in [2.24, 2.45) is 11.5 Å². The smallest absolute Gasteiger partial charge is 0.217 e. The van der Waals surface area contributed by atoms with Gasteiger partial charge in [0.25, 0.3) is 0 Å². The highest BCUT2D eigenvalue weighted by Gasteiger charge is 2.02. The molecule has 0 saturated carbocycles. The number of anilines is 1. The van der Waals surface area contributed by atoms with Crippen LogP contribution in [0.2, 0.25) is 0 Å². The van der Waals surface area contributed by atoms with Gasteiger partial charge in [0.15, 0.2) is 0 Å². The van der Waals surface area contributed by atoms with Crippen LogP contribution in [0.5, 0.6) is 0 Å². The summed E-state index contributed by atoms with van der Waals surface area (Å²) in [5.74, 6) is 0.407. The van der Waals surface area contributed by atoms with Crippen LogP contribution < -0.4 is 16.8 Å². The number of aryl methyl sites for hydroxylation is 1. The van der Waals surface area contributed by atoms with Gasteiger partial charge in [-0.25, -0.2) is 4.98 Å². The summed E-state index contributed by atoms with van der Waals surface area (Å²) in [6.07, 6.45) is 1.04. The lowest BCUT2D eigenvalue weighted by Crippen LogP contribution is -2.14. The maximum Gasteiger partial charge on any atom is 0.217 e. The van der Waals surface area contributed by atoms with Crippen molar-refractivity contribution < 1.29 is 4.79 Å². The summed E-state index contributed by atoms with van der Waals surface area (Å²) in [4.78, 5) is 15.2. The van der Waals surface area contributed by atoms with Gasteiger partial charge >= 0.3 is 0 Å². The maximum absolute atomic E-state index is 10.6. The molecule has 0 radical (unpaired) electrons. The number of nitrogens with two attached hydrogens (primary N) is 2. The van der Waals surface area contributed by atoms with E-state index in [9.17, 15) is 4.79 Å². The number of hydrogen-bond acceptors (Lipinski definition) is 4. The molecule has 0 saturated heterocycles. The van der Waals surface area contributed by atoms with E-state index in [2.05, 4.69) is 10.3 Å². The first-order chi connectivity index (χ1) is 7.99. The molecule has 0 fully saturated rings. The average Bonchev–Trinajstić information content (AvgIpc) is 2.23. The molecule has 5 N–H and O–H groups in total. The van der Waals surface area contributed by atoms with Gasteiger partial charge in [0.2, 0.25) is 5.91 Å². The van der Waals surface area contributed by atoms with Gasteiger partial charge in [-0.3, -0.25) is 4.79 Å². The Morgan fingerprint density at radius 3 is 2.76 bits per heavy atom. The van der Waals surface area contributed by atoms with Crippen molar-refractivity contribution in [3.63, 3.8) is 0 Å². The van der Waals surface area contributed by atoms with Crippen LogP contribution in [0.4, 0.5) is 5.82 Å². The summed E-state index contributed by atoms with van der Waals surface area (Å²) in [5, 5.41) is 3.10. The van der Waals surface area contributed by atoms with E-state index in [0.717, 1.165) is 11.3 Å². The van der Waals surface area contributed by atoms with Crippen LogP contribution in [0.15, 0.2) is 12.1 Å². The normalized spacial score (nSPS) is 9.94. The second-order valence-electron chi connectivity index (χ2n) is 3.74. The van der Waals surface area contributed by atoms with Gasteiger partial charge in [-0.2, -0.15) is 0 Å². The van der Waals surface area contributed by atoms with Crippen molar-refractivity contribution in [1.82, 2.24) is 4.98 Å². The van der Waals surface area contributed by atoms with Gasteiger partial charge in [-0.05, 0) is 25.5 Å². The number of hydrogen-bond donors (Lipinski definition) is 3. The molecule has 0 aliphatic heterocycles. The first kappa shape index (κ1) is 13.4. The zero-order valence-electron chi connectivity index (χ0n) is 9.69. The van der Waals surface area contributed by atoms with Crippen molar-refractivity contribution in [3.05, 3.63) is 23.4 Å². The zero-order valence-corrected chi connectivity index (χ0v) is 10.5.